The molecule has 0 unspecified atom stereocenters. The Morgan fingerprint density at radius 3 is 2.85 bits per heavy atom. The van der Waals surface area contributed by atoms with E-state index in [0.29, 0.717) is 22.9 Å². The molecular weight excluding hydrogens is 351 g/mol. The van der Waals surface area contributed by atoms with Crippen LogP contribution in [0.5, 0.6) is 17.2 Å². The first-order chi connectivity index (χ1) is 13.1. The number of fused-ring (bicyclic) bond motifs is 1. The van der Waals surface area contributed by atoms with Gasteiger partial charge in [0.2, 0.25) is 6.79 Å². The van der Waals surface area contributed by atoms with Gasteiger partial charge >= 0.3 is 0 Å². The molecule has 7 heteroatoms. The summed E-state index contributed by atoms with van der Waals surface area (Å²) >= 11 is 0. The van der Waals surface area contributed by atoms with Crippen molar-refractivity contribution in [3.63, 3.8) is 0 Å². The van der Waals surface area contributed by atoms with Gasteiger partial charge in [-0.3, -0.25) is 9.89 Å². The maximum Gasteiger partial charge on any atom is 0.231 e. The predicted molar refractivity (Wildman–Crippen MR) is 96.5 cm³/mol. The van der Waals surface area contributed by atoms with Crippen molar-refractivity contribution in [3.05, 3.63) is 65.6 Å². The van der Waals surface area contributed by atoms with E-state index >= 15 is 0 Å². The van der Waals surface area contributed by atoms with Crippen molar-refractivity contribution < 1.29 is 23.4 Å². The van der Waals surface area contributed by atoms with Gasteiger partial charge in [0.25, 0.3) is 0 Å². The van der Waals surface area contributed by atoms with E-state index in [2.05, 4.69) is 10.2 Å². The minimum atomic E-state index is -0.580. The molecule has 1 N–H and O–H groups in total. The van der Waals surface area contributed by atoms with Crippen LogP contribution in [0.2, 0.25) is 0 Å². The average Bonchev–Trinajstić information content (AvgIpc) is 3.34. The number of methoxy groups -OCH3 is 1. The highest BCUT2D eigenvalue weighted by molar-refractivity contribution is 6.06. The van der Waals surface area contributed by atoms with Crippen LogP contribution in [0, 0.1) is 5.82 Å². The second-order valence-electron chi connectivity index (χ2n) is 5.82. The summed E-state index contributed by atoms with van der Waals surface area (Å²) in [4.78, 5) is 12.2. The van der Waals surface area contributed by atoms with Crippen LogP contribution in [0.3, 0.4) is 0 Å². The van der Waals surface area contributed by atoms with Gasteiger partial charge in [0.15, 0.2) is 28.8 Å². The molecule has 0 aliphatic carbocycles. The Morgan fingerprint density at radius 1 is 1.19 bits per heavy atom. The fourth-order valence-electron chi connectivity index (χ4n) is 2.71. The van der Waals surface area contributed by atoms with Gasteiger partial charge in [-0.25, -0.2) is 4.39 Å². The summed E-state index contributed by atoms with van der Waals surface area (Å²) in [6.07, 6.45) is 2.95. The molecule has 0 spiro atoms. The van der Waals surface area contributed by atoms with Gasteiger partial charge in [-0.2, -0.15) is 5.10 Å². The number of benzene rings is 2. The maximum absolute atomic E-state index is 13.7. The fraction of sp³-hybridized carbons (Fsp3) is 0.100. The molecule has 0 saturated carbocycles. The number of ketones is 1. The van der Waals surface area contributed by atoms with E-state index in [-0.39, 0.29) is 23.9 Å². The van der Waals surface area contributed by atoms with Crippen molar-refractivity contribution in [3.8, 4) is 28.5 Å². The van der Waals surface area contributed by atoms with Gasteiger partial charge in [0.05, 0.1) is 18.5 Å². The summed E-state index contributed by atoms with van der Waals surface area (Å²) in [6.45, 7) is 0.210. The Morgan fingerprint density at radius 2 is 2.04 bits per heavy atom. The number of hydrogen-bond acceptors (Lipinski definition) is 5. The smallest absolute Gasteiger partial charge is 0.231 e. The van der Waals surface area contributed by atoms with Crippen LogP contribution in [0.4, 0.5) is 4.39 Å². The normalized spacial score (nSPS) is 12.5. The van der Waals surface area contributed by atoms with Crippen molar-refractivity contribution in [1.29, 1.82) is 0 Å². The quantitative estimate of drug-likeness (QED) is 0.548. The summed E-state index contributed by atoms with van der Waals surface area (Å²) in [5.74, 6) is 0.563. The Balaban J connectivity index is 1.50. The van der Waals surface area contributed by atoms with Gasteiger partial charge in [0.1, 0.15) is 0 Å². The Kier molecular flexibility index (Phi) is 4.33. The lowest BCUT2D eigenvalue weighted by Gasteiger charge is -2.02. The Bertz CT molecular complexity index is 1040. The van der Waals surface area contributed by atoms with Crippen molar-refractivity contribution in [1.82, 2.24) is 10.2 Å². The number of rotatable bonds is 5. The van der Waals surface area contributed by atoms with Crippen LogP contribution >= 0.6 is 0 Å². The van der Waals surface area contributed by atoms with Gasteiger partial charge in [0, 0.05) is 11.1 Å². The SMILES string of the molecule is COc1ccc(C(=O)/C=C/c2cc(-c3ccc4c(c3)OCO4)n[nH]2)cc1F. The van der Waals surface area contributed by atoms with Crippen LogP contribution in [0.15, 0.2) is 48.5 Å². The van der Waals surface area contributed by atoms with Crippen molar-refractivity contribution >= 4 is 11.9 Å². The van der Waals surface area contributed by atoms with Gasteiger partial charge < -0.3 is 14.2 Å². The molecule has 0 radical (unpaired) electrons. The van der Waals surface area contributed by atoms with Crippen LogP contribution < -0.4 is 14.2 Å². The number of aromatic amines is 1. The highest BCUT2D eigenvalue weighted by atomic mass is 19.1. The number of H-pyrrole nitrogens is 1. The molecule has 0 bridgehead atoms. The lowest BCUT2D eigenvalue weighted by molar-refractivity contribution is 0.104. The van der Waals surface area contributed by atoms with E-state index in [1.165, 1.54) is 25.3 Å². The third-order valence-electron chi connectivity index (χ3n) is 4.12. The lowest BCUT2D eigenvalue weighted by atomic mass is 10.1. The molecule has 1 aromatic heterocycles. The molecule has 27 heavy (non-hydrogen) atoms. The summed E-state index contributed by atoms with van der Waals surface area (Å²) in [5, 5.41) is 7.09. The second-order valence-corrected chi connectivity index (χ2v) is 5.82. The van der Waals surface area contributed by atoms with Crippen molar-refractivity contribution in [2.75, 3.05) is 13.9 Å². The van der Waals surface area contributed by atoms with Crippen molar-refractivity contribution in [2.24, 2.45) is 0 Å². The molecule has 0 fully saturated rings. The van der Waals surface area contributed by atoms with Crippen LogP contribution in [0.25, 0.3) is 17.3 Å². The van der Waals surface area contributed by atoms with E-state index in [0.717, 1.165) is 11.6 Å². The number of carbonyl (C=O) groups is 1. The molecule has 0 amide bonds. The standard InChI is InChI=1S/C20H15FN2O4/c1-25-18-6-3-13(8-15(18)21)17(24)5-4-14-10-16(23-22-14)12-2-7-19-20(9-12)27-11-26-19/h2-10H,11H2,1H3,(H,22,23)/b5-4+. The molecule has 2 heterocycles. The number of nitrogens with zero attached hydrogens (tertiary/aromatic N) is 1. The zero-order valence-corrected chi connectivity index (χ0v) is 14.4. The minimum Gasteiger partial charge on any atom is -0.494 e. The number of nitrogens with one attached hydrogen (secondary N) is 1. The number of halogens is 1. The number of ether oxygens (including phenoxy) is 3. The van der Waals surface area contributed by atoms with E-state index in [9.17, 15) is 9.18 Å². The predicted octanol–water partition coefficient (Wildman–Crippen LogP) is 3.85. The molecule has 1 aliphatic heterocycles. The average molecular weight is 366 g/mol. The first kappa shape index (κ1) is 16.8. The number of hydrogen-bond donors (Lipinski definition) is 1. The molecular formula is C20H15FN2O4. The molecule has 1 aliphatic rings. The van der Waals surface area contributed by atoms with Crippen molar-refractivity contribution in [2.45, 2.75) is 0 Å². The Labute approximate surface area is 154 Å². The first-order valence-corrected chi connectivity index (χ1v) is 8.15. The summed E-state index contributed by atoms with van der Waals surface area (Å²) in [5.41, 5.74) is 2.44. The molecule has 0 atom stereocenters. The van der Waals surface area contributed by atoms with E-state index in [1.807, 2.05) is 18.2 Å². The topological polar surface area (TPSA) is 73.4 Å². The zero-order chi connectivity index (χ0) is 18.8. The highest BCUT2D eigenvalue weighted by Gasteiger charge is 2.15. The third kappa shape index (κ3) is 3.39. The third-order valence-corrected chi connectivity index (χ3v) is 4.12. The Hall–Kier alpha value is -3.61. The molecule has 136 valence electrons. The molecule has 4 rings (SSSR count). The lowest BCUT2D eigenvalue weighted by Crippen LogP contribution is -1.97. The number of aromatic nitrogens is 2. The maximum atomic E-state index is 13.7. The zero-order valence-electron chi connectivity index (χ0n) is 14.4. The monoisotopic (exact) mass is 366 g/mol. The van der Waals surface area contributed by atoms with Gasteiger partial charge in [-0.05, 0) is 54.6 Å². The second kappa shape index (κ2) is 6.95. The van der Waals surface area contributed by atoms with Crippen LogP contribution in [-0.2, 0) is 0 Å². The number of allylic oxidation sites excluding steroid dienone is 1. The largest absolute Gasteiger partial charge is 0.494 e. The number of carbonyl (C=O) groups excluding carboxylic acids is 1. The molecule has 6 nitrogen and oxygen atoms in total. The van der Waals surface area contributed by atoms with E-state index in [1.54, 1.807) is 12.1 Å². The van der Waals surface area contributed by atoms with Crippen LogP contribution in [-0.4, -0.2) is 29.9 Å². The van der Waals surface area contributed by atoms with Gasteiger partial charge in [-0.1, -0.05) is 0 Å². The minimum absolute atomic E-state index is 0.0949. The molecule has 2 aromatic carbocycles. The van der Waals surface area contributed by atoms with E-state index in [4.69, 9.17) is 14.2 Å². The van der Waals surface area contributed by atoms with E-state index < -0.39 is 5.82 Å². The fourth-order valence-corrected chi connectivity index (χ4v) is 2.71. The highest BCUT2D eigenvalue weighted by Crippen LogP contribution is 2.35. The first-order valence-electron chi connectivity index (χ1n) is 8.15. The molecule has 3 aromatic rings. The summed E-state index contributed by atoms with van der Waals surface area (Å²) < 4.78 is 29.2. The van der Waals surface area contributed by atoms with Gasteiger partial charge in [-0.15, -0.1) is 0 Å². The summed E-state index contributed by atoms with van der Waals surface area (Å²) in [7, 11) is 1.37. The molecule has 0 saturated heterocycles. The summed E-state index contributed by atoms with van der Waals surface area (Å²) in [6, 6.07) is 11.4. The van der Waals surface area contributed by atoms with Crippen LogP contribution in [0.1, 0.15) is 16.1 Å².